The molecule has 98 valence electrons. The SMILES string of the molecule is CCNC(=O)NC(Cc1ccc(N)cc1)C(=O)O. The van der Waals surface area contributed by atoms with Gasteiger partial charge in [-0.15, -0.1) is 0 Å². The van der Waals surface area contributed by atoms with Crippen molar-refractivity contribution in [3.05, 3.63) is 29.8 Å². The molecule has 0 heterocycles. The highest BCUT2D eigenvalue weighted by Gasteiger charge is 2.19. The van der Waals surface area contributed by atoms with Crippen molar-refractivity contribution in [1.82, 2.24) is 10.6 Å². The number of carboxylic acids is 1. The molecule has 2 amide bonds. The lowest BCUT2D eigenvalue weighted by atomic mass is 10.1. The Morgan fingerprint density at radius 3 is 2.44 bits per heavy atom. The summed E-state index contributed by atoms with van der Waals surface area (Å²) in [5, 5.41) is 13.9. The Bertz CT molecular complexity index is 417. The summed E-state index contributed by atoms with van der Waals surface area (Å²) in [4.78, 5) is 22.3. The van der Waals surface area contributed by atoms with E-state index in [0.717, 1.165) is 5.56 Å². The highest BCUT2D eigenvalue weighted by Crippen LogP contribution is 2.08. The molecule has 0 radical (unpaired) electrons. The Morgan fingerprint density at radius 1 is 1.33 bits per heavy atom. The van der Waals surface area contributed by atoms with E-state index in [1.165, 1.54) is 0 Å². The van der Waals surface area contributed by atoms with E-state index in [-0.39, 0.29) is 6.42 Å². The summed E-state index contributed by atoms with van der Waals surface area (Å²) in [6.45, 7) is 2.20. The van der Waals surface area contributed by atoms with Crippen LogP contribution in [0.4, 0.5) is 10.5 Å². The lowest BCUT2D eigenvalue weighted by Crippen LogP contribution is -2.47. The number of nitrogens with two attached hydrogens (primary N) is 1. The van der Waals surface area contributed by atoms with Crippen molar-refractivity contribution in [3.8, 4) is 0 Å². The lowest BCUT2D eigenvalue weighted by molar-refractivity contribution is -0.139. The average Bonchev–Trinajstić information content (AvgIpc) is 2.31. The number of nitrogens with one attached hydrogen (secondary N) is 2. The third kappa shape index (κ3) is 4.32. The second-order valence-corrected chi connectivity index (χ2v) is 3.84. The van der Waals surface area contributed by atoms with Crippen LogP contribution in [0, 0.1) is 0 Å². The number of urea groups is 1. The van der Waals surface area contributed by atoms with Crippen molar-refractivity contribution in [2.24, 2.45) is 0 Å². The number of carboxylic acid groups (broad SMARTS) is 1. The van der Waals surface area contributed by atoms with Crippen LogP contribution < -0.4 is 16.4 Å². The van der Waals surface area contributed by atoms with E-state index in [1.807, 2.05) is 0 Å². The highest BCUT2D eigenvalue weighted by atomic mass is 16.4. The molecule has 1 rings (SSSR count). The standard InChI is InChI=1S/C12H17N3O3/c1-2-14-12(18)15-10(11(16)17)7-8-3-5-9(13)6-4-8/h3-6,10H,2,7,13H2,1H3,(H,16,17)(H2,14,15,18). The number of rotatable bonds is 5. The van der Waals surface area contributed by atoms with Crippen molar-refractivity contribution >= 4 is 17.7 Å². The van der Waals surface area contributed by atoms with Gasteiger partial charge in [-0.2, -0.15) is 0 Å². The number of anilines is 1. The third-order valence-corrected chi connectivity index (χ3v) is 2.36. The van der Waals surface area contributed by atoms with Gasteiger partial charge in [0, 0.05) is 18.7 Å². The number of carbonyl (C=O) groups excluding carboxylic acids is 1. The van der Waals surface area contributed by atoms with Crippen LogP contribution in [0.25, 0.3) is 0 Å². The number of amides is 2. The maximum absolute atomic E-state index is 11.3. The van der Waals surface area contributed by atoms with E-state index in [0.29, 0.717) is 12.2 Å². The maximum atomic E-state index is 11.3. The molecular weight excluding hydrogens is 234 g/mol. The molecule has 0 aliphatic heterocycles. The number of nitrogen functional groups attached to an aromatic ring is 1. The fraction of sp³-hybridized carbons (Fsp3) is 0.333. The van der Waals surface area contributed by atoms with Gasteiger partial charge < -0.3 is 21.5 Å². The van der Waals surface area contributed by atoms with Crippen LogP contribution in [0.3, 0.4) is 0 Å². The Hall–Kier alpha value is -2.24. The van der Waals surface area contributed by atoms with Gasteiger partial charge in [0.2, 0.25) is 0 Å². The number of hydrogen-bond acceptors (Lipinski definition) is 3. The molecule has 1 aromatic carbocycles. The number of benzene rings is 1. The fourth-order valence-electron chi connectivity index (χ4n) is 1.46. The average molecular weight is 251 g/mol. The number of carbonyl (C=O) groups is 2. The molecule has 1 atom stereocenters. The van der Waals surface area contributed by atoms with Gasteiger partial charge >= 0.3 is 12.0 Å². The van der Waals surface area contributed by atoms with Crippen LogP contribution in [0.1, 0.15) is 12.5 Å². The summed E-state index contributed by atoms with van der Waals surface area (Å²) < 4.78 is 0. The Labute approximate surface area is 105 Å². The molecule has 1 unspecified atom stereocenters. The smallest absolute Gasteiger partial charge is 0.326 e. The van der Waals surface area contributed by atoms with Crippen LogP contribution in [-0.4, -0.2) is 29.7 Å². The molecule has 0 aromatic heterocycles. The van der Waals surface area contributed by atoms with Crippen molar-refractivity contribution in [2.45, 2.75) is 19.4 Å². The highest BCUT2D eigenvalue weighted by molar-refractivity contribution is 5.82. The first kappa shape index (κ1) is 13.8. The molecule has 0 saturated carbocycles. The summed E-state index contributed by atoms with van der Waals surface area (Å²) >= 11 is 0. The largest absolute Gasteiger partial charge is 0.480 e. The predicted molar refractivity (Wildman–Crippen MR) is 68.2 cm³/mol. The molecule has 1 aromatic rings. The van der Waals surface area contributed by atoms with E-state index in [4.69, 9.17) is 10.8 Å². The molecule has 0 aliphatic carbocycles. The van der Waals surface area contributed by atoms with Gasteiger partial charge in [-0.25, -0.2) is 9.59 Å². The summed E-state index contributed by atoms with van der Waals surface area (Å²) in [6, 6.07) is 5.43. The quantitative estimate of drug-likeness (QED) is 0.575. The first-order valence-corrected chi connectivity index (χ1v) is 5.64. The minimum atomic E-state index is -1.07. The zero-order chi connectivity index (χ0) is 13.5. The summed E-state index contributed by atoms with van der Waals surface area (Å²) in [5.74, 6) is -1.07. The van der Waals surface area contributed by atoms with Gasteiger partial charge in [-0.1, -0.05) is 12.1 Å². The van der Waals surface area contributed by atoms with Crippen LogP contribution >= 0.6 is 0 Å². The molecule has 6 heteroatoms. The number of aliphatic carboxylic acids is 1. The molecule has 18 heavy (non-hydrogen) atoms. The Kier molecular flexibility index (Phi) is 4.98. The second kappa shape index (κ2) is 6.48. The first-order valence-electron chi connectivity index (χ1n) is 5.64. The molecule has 0 aliphatic rings. The molecule has 6 nitrogen and oxygen atoms in total. The van der Waals surface area contributed by atoms with E-state index in [1.54, 1.807) is 31.2 Å². The number of hydrogen-bond donors (Lipinski definition) is 4. The normalized spacial score (nSPS) is 11.6. The first-order chi connectivity index (χ1) is 8.52. The second-order valence-electron chi connectivity index (χ2n) is 3.84. The van der Waals surface area contributed by atoms with Gasteiger partial charge in [0.1, 0.15) is 6.04 Å². The zero-order valence-corrected chi connectivity index (χ0v) is 10.1. The molecule has 0 bridgehead atoms. The van der Waals surface area contributed by atoms with Gasteiger partial charge in [0.05, 0.1) is 0 Å². The maximum Gasteiger partial charge on any atom is 0.326 e. The molecule has 0 spiro atoms. The van der Waals surface area contributed by atoms with Crippen LogP contribution in [0.15, 0.2) is 24.3 Å². The minimum Gasteiger partial charge on any atom is -0.480 e. The van der Waals surface area contributed by atoms with Gasteiger partial charge in [-0.3, -0.25) is 0 Å². The van der Waals surface area contributed by atoms with Crippen molar-refractivity contribution in [2.75, 3.05) is 12.3 Å². The summed E-state index contributed by atoms with van der Waals surface area (Å²) in [6.07, 6.45) is 0.215. The Morgan fingerprint density at radius 2 is 1.94 bits per heavy atom. The Balaban J connectivity index is 2.65. The van der Waals surface area contributed by atoms with Crippen LogP contribution in [0.2, 0.25) is 0 Å². The lowest BCUT2D eigenvalue weighted by Gasteiger charge is -2.14. The van der Waals surface area contributed by atoms with Gasteiger partial charge in [0.25, 0.3) is 0 Å². The van der Waals surface area contributed by atoms with Gasteiger partial charge in [-0.05, 0) is 24.6 Å². The summed E-state index contributed by atoms with van der Waals surface area (Å²) in [7, 11) is 0. The van der Waals surface area contributed by atoms with Crippen LogP contribution in [-0.2, 0) is 11.2 Å². The van der Waals surface area contributed by atoms with E-state index in [9.17, 15) is 9.59 Å². The fourth-order valence-corrected chi connectivity index (χ4v) is 1.46. The van der Waals surface area contributed by atoms with Crippen molar-refractivity contribution in [3.63, 3.8) is 0 Å². The molecule has 0 fully saturated rings. The van der Waals surface area contributed by atoms with E-state index < -0.39 is 18.0 Å². The van der Waals surface area contributed by atoms with Crippen molar-refractivity contribution in [1.29, 1.82) is 0 Å². The summed E-state index contributed by atoms with van der Waals surface area (Å²) in [5.41, 5.74) is 6.95. The van der Waals surface area contributed by atoms with E-state index in [2.05, 4.69) is 10.6 Å². The molecule has 0 saturated heterocycles. The monoisotopic (exact) mass is 251 g/mol. The predicted octanol–water partition coefficient (Wildman–Crippen LogP) is 0.584. The third-order valence-electron chi connectivity index (χ3n) is 2.36. The zero-order valence-electron chi connectivity index (χ0n) is 10.1. The van der Waals surface area contributed by atoms with Crippen molar-refractivity contribution < 1.29 is 14.7 Å². The molecule has 5 N–H and O–H groups in total. The van der Waals surface area contributed by atoms with E-state index >= 15 is 0 Å². The van der Waals surface area contributed by atoms with Gasteiger partial charge in [0.15, 0.2) is 0 Å². The van der Waals surface area contributed by atoms with Crippen LogP contribution in [0.5, 0.6) is 0 Å². The molecular formula is C12H17N3O3. The topological polar surface area (TPSA) is 104 Å². The minimum absolute atomic E-state index is 0.215.